The summed E-state index contributed by atoms with van der Waals surface area (Å²) >= 11 is 0. The van der Waals surface area contributed by atoms with Crippen molar-refractivity contribution in [2.24, 2.45) is 0 Å². The minimum absolute atomic E-state index is 0.0653. The van der Waals surface area contributed by atoms with E-state index in [4.69, 9.17) is 25.7 Å². The number of nitrogen functional groups attached to an aromatic ring is 2. The zero-order valence-corrected chi connectivity index (χ0v) is 18.2. The Hall–Kier alpha value is -5.18. The van der Waals surface area contributed by atoms with Gasteiger partial charge in [-0.1, -0.05) is 12.1 Å². The number of rotatable bonds is 8. The average molecular weight is 472 g/mol. The van der Waals surface area contributed by atoms with Crippen molar-refractivity contribution < 1.29 is 34.0 Å². The maximum atomic E-state index is 11.9. The van der Waals surface area contributed by atoms with Gasteiger partial charge in [0.05, 0.1) is 0 Å². The molecular formula is C26H20N2O7. The molecule has 0 radical (unpaired) electrons. The second-order valence-electron chi connectivity index (χ2n) is 7.38. The minimum atomic E-state index is -1.28. The third kappa shape index (κ3) is 5.60. The molecule has 9 nitrogen and oxygen atoms in total. The van der Waals surface area contributed by atoms with Crippen molar-refractivity contribution >= 4 is 23.3 Å². The Balaban J connectivity index is 1.61. The summed E-state index contributed by atoms with van der Waals surface area (Å²) in [6.45, 7) is 0. The molecule has 0 saturated carbocycles. The summed E-state index contributed by atoms with van der Waals surface area (Å²) in [5, 5.41) is 19.4. The van der Waals surface area contributed by atoms with Gasteiger partial charge < -0.3 is 35.9 Å². The van der Waals surface area contributed by atoms with Crippen LogP contribution < -0.4 is 25.7 Å². The highest BCUT2D eigenvalue weighted by atomic mass is 16.5. The topological polar surface area (TPSA) is 154 Å². The first-order valence-corrected chi connectivity index (χ1v) is 10.3. The molecule has 0 aliphatic rings. The Labute approximate surface area is 199 Å². The summed E-state index contributed by atoms with van der Waals surface area (Å²) in [7, 11) is 0. The molecule has 4 aromatic rings. The zero-order valence-electron chi connectivity index (χ0n) is 18.2. The first-order valence-electron chi connectivity index (χ1n) is 10.3. The molecule has 0 heterocycles. The van der Waals surface area contributed by atoms with Gasteiger partial charge >= 0.3 is 11.9 Å². The van der Waals surface area contributed by atoms with Gasteiger partial charge in [-0.2, -0.15) is 0 Å². The van der Waals surface area contributed by atoms with Crippen molar-refractivity contribution in [2.75, 3.05) is 11.5 Å². The Kier molecular flexibility index (Phi) is 6.41. The lowest BCUT2D eigenvalue weighted by molar-refractivity contribution is 0.0687. The molecule has 4 aromatic carbocycles. The van der Waals surface area contributed by atoms with E-state index in [1.165, 1.54) is 36.4 Å². The molecule has 35 heavy (non-hydrogen) atoms. The number of anilines is 2. The summed E-state index contributed by atoms with van der Waals surface area (Å²) in [6, 6.07) is 21.7. The van der Waals surface area contributed by atoms with E-state index in [0.717, 1.165) is 0 Å². The molecule has 0 amide bonds. The molecule has 0 bridgehead atoms. The lowest BCUT2D eigenvalue weighted by Crippen LogP contribution is -2.04. The molecule has 0 aliphatic heterocycles. The van der Waals surface area contributed by atoms with Crippen LogP contribution in [0.2, 0.25) is 0 Å². The van der Waals surface area contributed by atoms with Crippen molar-refractivity contribution in [3.8, 4) is 34.5 Å². The van der Waals surface area contributed by atoms with E-state index >= 15 is 0 Å². The van der Waals surface area contributed by atoms with Crippen molar-refractivity contribution in [1.82, 2.24) is 0 Å². The van der Waals surface area contributed by atoms with Crippen molar-refractivity contribution in [3.63, 3.8) is 0 Å². The van der Waals surface area contributed by atoms with Gasteiger partial charge in [-0.3, -0.25) is 0 Å². The normalized spacial score (nSPS) is 10.4. The molecule has 0 aliphatic carbocycles. The largest absolute Gasteiger partial charge is 0.478 e. The first-order chi connectivity index (χ1) is 16.8. The highest BCUT2D eigenvalue weighted by Crippen LogP contribution is 2.35. The summed E-state index contributed by atoms with van der Waals surface area (Å²) in [5.41, 5.74) is 12.0. The van der Waals surface area contributed by atoms with Crippen LogP contribution in [0.5, 0.6) is 34.5 Å². The van der Waals surface area contributed by atoms with Crippen molar-refractivity contribution in [3.05, 3.63) is 96.1 Å². The van der Waals surface area contributed by atoms with Crippen LogP contribution in [0.4, 0.5) is 11.4 Å². The van der Waals surface area contributed by atoms with Crippen LogP contribution in [0.25, 0.3) is 0 Å². The maximum absolute atomic E-state index is 11.9. The lowest BCUT2D eigenvalue weighted by Gasteiger charge is -2.14. The molecule has 0 aromatic heterocycles. The predicted molar refractivity (Wildman–Crippen MR) is 129 cm³/mol. The second kappa shape index (κ2) is 9.75. The van der Waals surface area contributed by atoms with Crippen LogP contribution in [-0.4, -0.2) is 22.2 Å². The molecule has 0 unspecified atom stereocenters. The van der Waals surface area contributed by atoms with E-state index in [2.05, 4.69) is 0 Å². The number of aromatic carboxylic acids is 2. The Morgan fingerprint density at radius 2 is 0.943 bits per heavy atom. The molecule has 4 rings (SSSR count). The van der Waals surface area contributed by atoms with Crippen LogP contribution in [0.15, 0.2) is 84.9 Å². The highest BCUT2D eigenvalue weighted by Gasteiger charge is 2.19. The summed E-state index contributed by atoms with van der Waals surface area (Å²) in [4.78, 5) is 23.7. The van der Waals surface area contributed by atoms with Gasteiger partial charge in [0, 0.05) is 23.5 Å². The van der Waals surface area contributed by atoms with Crippen LogP contribution >= 0.6 is 0 Å². The number of carboxylic acids is 2. The van der Waals surface area contributed by atoms with Gasteiger partial charge in [-0.15, -0.1) is 0 Å². The SMILES string of the molecule is Nc1cccc(Oc2ccc(Oc3ccc(Oc4cccc(N)c4)cc3C(=O)O)c(C(=O)O)c2)c1. The first kappa shape index (κ1) is 23.0. The number of carboxylic acid groups (broad SMARTS) is 2. The summed E-state index contributed by atoms with van der Waals surface area (Å²) < 4.78 is 17.1. The highest BCUT2D eigenvalue weighted by molar-refractivity contribution is 5.93. The molecule has 9 heteroatoms. The smallest absolute Gasteiger partial charge is 0.339 e. The number of ether oxygens (including phenoxy) is 3. The molecular weight excluding hydrogens is 452 g/mol. The quantitative estimate of drug-likeness (QED) is 0.239. The number of benzene rings is 4. The van der Waals surface area contributed by atoms with E-state index in [0.29, 0.717) is 22.9 Å². The van der Waals surface area contributed by atoms with Gasteiger partial charge in [0.15, 0.2) is 0 Å². The third-order valence-electron chi connectivity index (χ3n) is 4.77. The van der Waals surface area contributed by atoms with E-state index in [1.807, 2.05) is 0 Å². The van der Waals surface area contributed by atoms with Crippen LogP contribution in [-0.2, 0) is 0 Å². The number of carbonyl (C=O) groups is 2. The second-order valence-corrected chi connectivity index (χ2v) is 7.38. The van der Waals surface area contributed by atoms with Gasteiger partial charge in [0.1, 0.15) is 45.6 Å². The van der Waals surface area contributed by atoms with Crippen molar-refractivity contribution in [2.45, 2.75) is 0 Å². The monoisotopic (exact) mass is 472 g/mol. The Bertz CT molecular complexity index is 1310. The molecule has 0 fully saturated rings. The molecule has 6 N–H and O–H groups in total. The number of nitrogens with two attached hydrogens (primary N) is 2. The Morgan fingerprint density at radius 3 is 1.31 bits per heavy atom. The lowest BCUT2D eigenvalue weighted by atomic mass is 10.1. The number of hydrogen-bond donors (Lipinski definition) is 4. The summed E-state index contributed by atoms with van der Waals surface area (Å²) in [6.07, 6.45) is 0. The van der Waals surface area contributed by atoms with E-state index < -0.39 is 11.9 Å². The fraction of sp³-hybridized carbons (Fsp3) is 0. The van der Waals surface area contributed by atoms with Gasteiger partial charge in [0.25, 0.3) is 0 Å². The van der Waals surface area contributed by atoms with Crippen LogP contribution in [0, 0.1) is 0 Å². The standard InChI is InChI=1S/C26H20N2O7/c27-15-3-1-5-17(11-15)33-19-7-9-23(21(13-19)25(29)30)35-24-10-8-20(14-22(24)26(31)32)34-18-6-2-4-16(28)12-18/h1-14H,27-28H2,(H,29,30)(H,31,32). The van der Waals surface area contributed by atoms with Crippen LogP contribution in [0.1, 0.15) is 20.7 Å². The maximum Gasteiger partial charge on any atom is 0.339 e. The molecule has 176 valence electrons. The van der Waals surface area contributed by atoms with E-state index in [9.17, 15) is 19.8 Å². The van der Waals surface area contributed by atoms with E-state index in [1.54, 1.807) is 48.5 Å². The van der Waals surface area contributed by atoms with E-state index in [-0.39, 0.29) is 34.1 Å². The fourth-order valence-electron chi connectivity index (χ4n) is 3.20. The van der Waals surface area contributed by atoms with Gasteiger partial charge in [-0.25, -0.2) is 9.59 Å². The summed E-state index contributed by atoms with van der Waals surface area (Å²) in [5.74, 6) is -1.35. The van der Waals surface area contributed by atoms with Gasteiger partial charge in [-0.05, 0) is 60.7 Å². The van der Waals surface area contributed by atoms with Gasteiger partial charge in [0.2, 0.25) is 0 Å². The zero-order chi connectivity index (χ0) is 24.9. The average Bonchev–Trinajstić information content (AvgIpc) is 2.81. The third-order valence-corrected chi connectivity index (χ3v) is 4.77. The van der Waals surface area contributed by atoms with Crippen molar-refractivity contribution in [1.29, 1.82) is 0 Å². The predicted octanol–water partition coefficient (Wildman–Crippen LogP) is 5.62. The van der Waals surface area contributed by atoms with Crippen LogP contribution in [0.3, 0.4) is 0 Å². The molecule has 0 saturated heterocycles. The fourth-order valence-corrected chi connectivity index (χ4v) is 3.20. The Morgan fingerprint density at radius 1 is 0.543 bits per heavy atom. The minimum Gasteiger partial charge on any atom is -0.478 e. The number of hydrogen-bond acceptors (Lipinski definition) is 7. The molecule has 0 atom stereocenters. The molecule has 0 spiro atoms.